The summed E-state index contributed by atoms with van der Waals surface area (Å²) in [5, 5.41) is 3.22. The zero-order chi connectivity index (χ0) is 13.7. The number of hydrogen-bond acceptors (Lipinski definition) is 3. The number of carbonyl (C=O) groups is 1. The highest BCUT2D eigenvalue weighted by Gasteiger charge is 2.20. The van der Waals surface area contributed by atoms with Gasteiger partial charge in [-0.25, -0.2) is 0 Å². The topological polar surface area (TPSA) is 64.3 Å². The van der Waals surface area contributed by atoms with Gasteiger partial charge in [-0.05, 0) is 43.4 Å². The van der Waals surface area contributed by atoms with Gasteiger partial charge in [0.25, 0.3) is 0 Å². The maximum Gasteiger partial charge on any atom is 0.224 e. The van der Waals surface area contributed by atoms with Crippen LogP contribution in [0.5, 0.6) is 0 Å². The molecule has 0 saturated heterocycles. The van der Waals surface area contributed by atoms with Gasteiger partial charge in [0.1, 0.15) is 0 Å². The zero-order valence-corrected chi connectivity index (χ0v) is 11.6. The quantitative estimate of drug-likeness (QED) is 0.597. The fraction of sp³-hybridized carbons (Fsp3) is 0.500. The molecule has 5 heteroatoms. The van der Waals surface area contributed by atoms with Crippen LogP contribution in [-0.4, -0.2) is 19.1 Å². The van der Waals surface area contributed by atoms with Crippen LogP contribution in [0.1, 0.15) is 25.7 Å². The smallest absolute Gasteiger partial charge is 0.224 e. The van der Waals surface area contributed by atoms with Gasteiger partial charge in [0.05, 0.1) is 10.7 Å². The van der Waals surface area contributed by atoms with E-state index in [4.69, 9.17) is 22.1 Å². The van der Waals surface area contributed by atoms with Gasteiger partial charge in [0, 0.05) is 25.3 Å². The summed E-state index contributed by atoms with van der Waals surface area (Å²) >= 11 is 5.98. The fourth-order valence-electron chi connectivity index (χ4n) is 1.71. The van der Waals surface area contributed by atoms with Gasteiger partial charge >= 0.3 is 0 Å². The van der Waals surface area contributed by atoms with E-state index in [9.17, 15) is 4.79 Å². The third-order valence-electron chi connectivity index (χ3n) is 3.01. The largest absolute Gasteiger partial charge is 0.399 e. The third kappa shape index (κ3) is 5.09. The van der Waals surface area contributed by atoms with Crippen LogP contribution in [0.15, 0.2) is 18.2 Å². The Kier molecular flexibility index (Phi) is 5.05. The van der Waals surface area contributed by atoms with Crippen molar-refractivity contribution in [3.8, 4) is 0 Å². The number of nitrogens with two attached hydrogens (primary N) is 1. The van der Waals surface area contributed by atoms with Crippen LogP contribution in [0.2, 0.25) is 5.02 Å². The number of carbonyl (C=O) groups excluding carboxylic acids is 1. The average molecular weight is 283 g/mol. The van der Waals surface area contributed by atoms with E-state index in [-0.39, 0.29) is 5.91 Å². The average Bonchev–Trinajstić information content (AvgIpc) is 3.16. The fourth-order valence-corrected chi connectivity index (χ4v) is 1.95. The van der Waals surface area contributed by atoms with Crippen LogP contribution >= 0.6 is 11.6 Å². The number of nitrogen functional groups attached to an aromatic ring is 1. The number of hydrogen-bond donors (Lipinski definition) is 2. The Hall–Kier alpha value is -1.26. The molecule has 1 aromatic rings. The monoisotopic (exact) mass is 282 g/mol. The molecule has 0 radical (unpaired) electrons. The molecule has 1 aliphatic carbocycles. The lowest BCUT2D eigenvalue weighted by Gasteiger charge is -2.08. The summed E-state index contributed by atoms with van der Waals surface area (Å²) < 4.78 is 5.48. The van der Waals surface area contributed by atoms with Crippen LogP contribution in [0.25, 0.3) is 0 Å². The lowest BCUT2D eigenvalue weighted by Crippen LogP contribution is -2.13. The van der Waals surface area contributed by atoms with Crippen molar-refractivity contribution in [2.75, 3.05) is 24.3 Å². The van der Waals surface area contributed by atoms with E-state index in [2.05, 4.69) is 5.32 Å². The summed E-state index contributed by atoms with van der Waals surface area (Å²) in [6.07, 6.45) is 3.74. The highest BCUT2D eigenvalue weighted by Crippen LogP contribution is 2.28. The van der Waals surface area contributed by atoms with Gasteiger partial charge in [-0.3, -0.25) is 4.79 Å². The van der Waals surface area contributed by atoms with Crippen molar-refractivity contribution < 1.29 is 9.53 Å². The molecule has 3 N–H and O–H groups in total. The van der Waals surface area contributed by atoms with Crippen molar-refractivity contribution in [3.05, 3.63) is 23.2 Å². The molecule has 1 aliphatic rings. The highest BCUT2D eigenvalue weighted by molar-refractivity contribution is 6.34. The van der Waals surface area contributed by atoms with E-state index in [0.29, 0.717) is 29.4 Å². The first-order valence-corrected chi connectivity index (χ1v) is 6.95. The minimum absolute atomic E-state index is 0.0540. The Bertz CT molecular complexity index is 447. The molecule has 1 amide bonds. The van der Waals surface area contributed by atoms with Crippen LogP contribution < -0.4 is 11.1 Å². The second kappa shape index (κ2) is 6.78. The van der Waals surface area contributed by atoms with E-state index in [1.807, 2.05) is 0 Å². The van der Waals surface area contributed by atoms with E-state index in [1.165, 1.54) is 12.8 Å². The van der Waals surface area contributed by atoms with Crippen molar-refractivity contribution in [1.82, 2.24) is 0 Å². The first kappa shape index (κ1) is 14.2. The lowest BCUT2D eigenvalue weighted by molar-refractivity contribution is -0.116. The van der Waals surface area contributed by atoms with Crippen molar-refractivity contribution >= 4 is 28.9 Å². The van der Waals surface area contributed by atoms with Crippen LogP contribution in [0, 0.1) is 5.92 Å². The van der Waals surface area contributed by atoms with E-state index < -0.39 is 0 Å². The molecule has 0 unspecified atom stereocenters. The van der Waals surface area contributed by atoms with Crippen LogP contribution in [-0.2, 0) is 9.53 Å². The van der Waals surface area contributed by atoms with Crippen LogP contribution in [0.3, 0.4) is 0 Å². The van der Waals surface area contributed by atoms with Crippen molar-refractivity contribution in [3.63, 3.8) is 0 Å². The minimum Gasteiger partial charge on any atom is -0.399 e. The predicted octanol–water partition coefficient (Wildman–Crippen LogP) is 3.07. The summed E-state index contributed by atoms with van der Waals surface area (Å²) in [7, 11) is 0. The molecule has 0 aliphatic heterocycles. The van der Waals surface area contributed by atoms with Crippen molar-refractivity contribution in [1.29, 1.82) is 0 Å². The molecular weight excluding hydrogens is 264 g/mol. The molecule has 2 rings (SSSR count). The molecular formula is C14H19ClN2O2. The number of halogens is 1. The normalized spacial score (nSPS) is 14.4. The Morgan fingerprint density at radius 1 is 1.47 bits per heavy atom. The number of ether oxygens (including phenoxy) is 1. The molecule has 19 heavy (non-hydrogen) atoms. The van der Waals surface area contributed by atoms with Gasteiger partial charge in [-0.15, -0.1) is 0 Å². The summed E-state index contributed by atoms with van der Waals surface area (Å²) in [6, 6.07) is 5.04. The molecule has 0 spiro atoms. The SMILES string of the molecule is Nc1ccc(NC(=O)CCCOCC2CC2)c(Cl)c1. The molecule has 0 heterocycles. The van der Waals surface area contributed by atoms with E-state index in [0.717, 1.165) is 18.9 Å². The van der Waals surface area contributed by atoms with Gasteiger partial charge in [0.2, 0.25) is 5.91 Å². The number of amides is 1. The van der Waals surface area contributed by atoms with E-state index in [1.54, 1.807) is 18.2 Å². The lowest BCUT2D eigenvalue weighted by atomic mass is 10.2. The van der Waals surface area contributed by atoms with Crippen LogP contribution in [0.4, 0.5) is 11.4 Å². The van der Waals surface area contributed by atoms with E-state index >= 15 is 0 Å². The van der Waals surface area contributed by atoms with Crippen molar-refractivity contribution in [2.24, 2.45) is 5.92 Å². The molecule has 1 saturated carbocycles. The highest BCUT2D eigenvalue weighted by atomic mass is 35.5. The molecule has 1 fully saturated rings. The molecule has 0 aromatic heterocycles. The van der Waals surface area contributed by atoms with Gasteiger partial charge in [-0.1, -0.05) is 11.6 Å². The first-order chi connectivity index (χ1) is 9.15. The predicted molar refractivity (Wildman–Crippen MR) is 77.3 cm³/mol. The summed E-state index contributed by atoms with van der Waals surface area (Å²) in [4.78, 5) is 11.7. The second-order valence-electron chi connectivity index (χ2n) is 4.91. The minimum atomic E-state index is -0.0540. The summed E-state index contributed by atoms with van der Waals surface area (Å²) in [5.74, 6) is 0.712. The standard InChI is InChI=1S/C14H19ClN2O2/c15-12-8-11(16)5-6-13(12)17-14(18)2-1-7-19-9-10-3-4-10/h5-6,8,10H,1-4,7,9,16H2,(H,17,18). The van der Waals surface area contributed by atoms with Gasteiger partial charge in [0.15, 0.2) is 0 Å². The summed E-state index contributed by atoms with van der Waals surface area (Å²) in [5.41, 5.74) is 6.76. The molecule has 4 nitrogen and oxygen atoms in total. The Morgan fingerprint density at radius 2 is 2.26 bits per heavy atom. The number of anilines is 2. The third-order valence-corrected chi connectivity index (χ3v) is 3.32. The molecule has 0 atom stereocenters. The molecule has 0 bridgehead atoms. The number of nitrogens with one attached hydrogen (secondary N) is 1. The maximum absolute atomic E-state index is 11.7. The van der Waals surface area contributed by atoms with Gasteiger partial charge in [-0.2, -0.15) is 0 Å². The Morgan fingerprint density at radius 3 is 2.95 bits per heavy atom. The number of benzene rings is 1. The van der Waals surface area contributed by atoms with Crippen molar-refractivity contribution in [2.45, 2.75) is 25.7 Å². The zero-order valence-electron chi connectivity index (χ0n) is 10.8. The Balaban J connectivity index is 1.65. The first-order valence-electron chi connectivity index (χ1n) is 6.58. The second-order valence-corrected chi connectivity index (χ2v) is 5.32. The maximum atomic E-state index is 11.7. The Labute approximate surface area is 118 Å². The molecule has 104 valence electrons. The summed E-state index contributed by atoms with van der Waals surface area (Å²) in [6.45, 7) is 1.48. The molecule has 1 aromatic carbocycles. The number of rotatable bonds is 7. The van der Waals surface area contributed by atoms with Gasteiger partial charge < -0.3 is 15.8 Å².